The zero-order chi connectivity index (χ0) is 9.14. The Morgan fingerprint density at radius 1 is 1.50 bits per heavy atom. The number of halogens is 1. The highest BCUT2D eigenvalue weighted by molar-refractivity contribution is 5.15. The smallest absolute Gasteiger partial charge is 0.213 e. The molecule has 66 valence electrons. The first-order valence-corrected chi connectivity index (χ1v) is 3.98. The van der Waals surface area contributed by atoms with Gasteiger partial charge >= 0.3 is 0 Å². The van der Waals surface area contributed by atoms with Gasteiger partial charge in [-0.1, -0.05) is 13.8 Å². The first kappa shape index (κ1) is 9.13. The van der Waals surface area contributed by atoms with Crippen LogP contribution in [0.15, 0.2) is 18.3 Å². The number of nitrogens with two attached hydrogens (primary N) is 1. The van der Waals surface area contributed by atoms with Crippen LogP contribution in [-0.4, -0.2) is 4.98 Å². The lowest BCUT2D eigenvalue weighted by molar-refractivity contribution is 0.506. The van der Waals surface area contributed by atoms with E-state index in [0.29, 0.717) is 5.92 Å². The molecule has 0 bridgehead atoms. The van der Waals surface area contributed by atoms with E-state index in [0.717, 1.165) is 5.56 Å². The average Bonchev–Trinajstić information content (AvgIpc) is 2.03. The van der Waals surface area contributed by atoms with Crippen molar-refractivity contribution in [1.29, 1.82) is 0 Å². The molecule has 0 fully saturated rings. The molecule has 1 rings (SSSR count). The summed E-state index contributed by atoms with van der Waals surface area (Å²) in [5, 5.41) is 0. The van der Waals surface area contributed by atoms with Crippen LogP contribution in [0.5, 0.6) is 0 Å². The molecule has 1 unspecified atom stereocenters. The molecule has 1 atom stereocenters. The van der Waals surface area contributed by atoms with Crippen molar-refractivity contribution in [3.8, 4) is 0 Å². The quantitative estimate of drug-likeness (QED) is 0.685. The average molecular weight is 168 g/mol. The minimum atomic E-state index is -0.469. The van der Waals surface area contributed by atoms with Crippen LogP contribution in [-0.2, 0) is 0 Å². The molecule has 0 aliphatic carbocycles. The van der Waals surface area contributed by atoms with E-state index in [9.17, 15) is 4.39 Å². The number of hydrogen-bond donors (Lipinski definition) is 1. The van der Waals surface area contributed by atoms with Gasteiger partial charge < -0.3 is 5.73 Å². The molecule has 0 saturated carbocycles. The number of aromatic nitrogens is 1. The Morgan fingerprint density at radius 2 is 2.17 bits per heavy atom. The Morgan fingerprint density at radius 3 is 2.67 bits per heavy atom. The fraction of sp³-hybridized carbons (Fsp3) is 0.444. The van der Waals surface area contributed by atoms with Crippen molar-refractivity contribution >= 4 is 0 Å². The maximum atomic E-state index is 12.6. The van der Waals surface area contributed by atoms with Crippen LogP contribution in [0.25, 0.3) is 0 Å². The van der Waals surface area contributed by atoms with E-state index in [1.54, 1.807) is 6.07 Å². The van der Waals surface area contributed by atoms with Gasteiger partial charge in [0.25, 0.3) is 0 Å². The monoisotopic (exact) mass is 168 g/mol. The van der Waals surface area contributed by atoms with Crippen molar-refractivity contribution < 1.29 is 4.39 Å². The van der Waals surface area contributed by atoms with Crippen molar-refractivity contribution in [2.75, 3.05) is 0 Å². The lowest BCUT2D eigenvalue weighted by Crippen LogP contribution is -2.16. The molecule has 1 aromatic heterocycles. The highest BCUT2D eigenvalue weighted by Gasteiger charge is 2.10. The van der Waals surface area contributed by atoms with Crippen LogP contribution < -0.4 is 5.73 Å². The predicted molar refractivity (Wildman–Crippen MR) is 46.0 cm³/mol. The number of hydrogen-bond acceptors (Lipinski definition) is 2. The van der Waals surface area contributed by atoms with Gasteiger partial charge in [-0.2, -0.15) is 4.39 Å². The molecule has 0 aliphatic heterocycles. The summed E-state index contributed by atoms with van der Waals surface area (Å²) >= 11 is 0. The molecule has 2 nitrogen and oxygen atoms in total. The van der Waals surface area contributed by atoms with Crippen LogP contribution in [0.3, 0.4) is 0 Å². The van der Waals surface area contributed by atoms with Crippen LogP contribution in [0.2, 0.25) is 0 Å². The van der Waals surface area contributed by atoms with Crippen LogP contribution in [0, 0.1) is 11.9 Å². The summed E-state index contributed by atoms with van der Waals surface area (Å²) < 4.78 is 12.6. The maximum absolute atomic E-state index is 12.6. The minimum absolute atomic E-state index is 0.109. The highest BCUT2D eigenvalue weighted by Crippen LogP contribution is 2.17. The lowest BCUT2D eigenvalue weighted by Gasteiger charge is -2.15. The number of pyridine rings is 1. The van der Waals surface area contributed by atoms with Crippen molar-refractivity contribution in [3.05, 3.63) is 29.8 Å². The number of nitrogens with zero attached hydrogens (tertiary/aromatic N) is 1. The van der Waals surface area contributed by atoms with Gasteiger partial charge in [-0.15, -0.1) is 0 Å². The summed E-state index contributed by atoms with van der Waals surface area (Å²) in [7, 11) is 0. The zero-order valence-electron chi connectivity index (χ0n) is 7.29. The third-order valence-corrected chi connectivity index (χ3v) is 1.85. The Hall–Kier alpha value is -0.960. The molecular formula is C9H13FN2. The molecule has 12 heavy (non-hydrogen) atoms. The lowest BCUT2D eigenvalue weighted by atomic mass is 9.98. The third kappa shape index (κ3) is 2.01. The van der Waals surface area contributed by atoms with Gasteiger partial charge in [-0.05, 0) is 23.6 Å². The van der Waals surface area contributed by atoms with E-state index in [1.807, 2.05) is 13.8 Å². The van der Waals surface area contributed by atoms with E-state index in [4.69, 9.17) is 5.73 Å². The topological polar surface area (TPSA) is 38.9 Å². The van der Waals surface area contributed by atoms with Gasteiger partial charge in [0.15, 0.2) is 0 Å². The summed E-state index contributed by atoms with van der Waals surface area (Å²) in [5.41, 5.74) is 6.62. The predicted octanol–water partition coefficient (Wildman–Crippen LogP) is 1.88. The Bertz CT molecular complexity index is 260. The van der Waals surface area contributed by atoms with Gasteiger partial charge in [-0.3, -0.25) is 0 Å². The number of rotatable bonds is 2. The molecule has 0 radical (unpaired) electrons. The second-order valence-corrected chi connectivity index (χ2v) is 3.18. The normalized spacial score (nSPS) is 13.4. The van der Waals surface area contributed by atoms with Crippen LogP contribution in [0.4, 0.5) is 4.39 Å². The summed E-state index contributed by atoms with van der Waals surface area (Å²) in [6.45, 7) is 4.01. The van der Waals surface area contributed by atoms with Gasteiger partial charge in [0.2, 0.25) is 5.95 Å². The molecular weight excluding hydrogens is 155 g/mol. The molecule has 3 heteroatoms. The second kappa shape index (κ2) is 3.63. The van der Waals surface area contributed by atoms with Gasteiger partial charge in [0.05, 0.1) is 0 Å². The molecule has 1 heterocycles. The van der Waals surface area contributed by atoms with Gasteiger partial charge in [0.1, 0.15) is 0 Å². The molecule has 1 aromatic rings. The molecule has 0 amide bonds. The summed E-state index contributed by atoms with van der Waals surface area (Å²) in [4.78, 5) is 3.46. The summed E-state index contributed by atoms with van der Waals surface area (Å²) in [6, 6.07) is 3.01. The minimum Gasteiger partial charge on any atom is -0.324 e. The standard InChI is InChI=1S/C9H13FN2/c1-6(2)9(11)7-3-4-12-8(10)5-7/h3-6,9H,11H2,1-2H3. The third-order valence-electron chi connectivity index (χ3n) is 1.85. The van der Waals surface area contributed by atoms with Gasteiger partial charge in [0, 0.05) is 12.2 Å². The maximum Gasteiger partial charge on any atom is 0.213 e. The largest absolute Gasteiger partial charge is 0.324 e. The Kier molecular flexibility index (Phi) is 2.76. The van der Waals surface area contributed by atoms with Crippen molar-refractivity contribution in [2.45, 2.75) is 19.9 Å². The fourth-order valence-electron chi connectivity index (χ4n) is 1.01. The molecule has 0 aliphatic rings. The van der Waals surface area contributed by atoms with Crippen LogP contribution >= 0.6 is 0 Å². The SMILES string of the molecule is CC(C)C(N)c1ccnc(F)c1. The van der Waals surface area contributed by atoms with Gasteiger partial charge in [-0.25, -0.2) is 4.98 Å². The van der Waals surface area contributed by atoms with E-state index in [2.05, 4.69) is 4.98 Å². The second-order valence-electron chi connectivity index (χ2n) is 3.18. The zero-order valence-corrected chi connectivity index (χ0v) is 7.29. The fourth-order valence-corrected chi connectivity index (χ4v) is 1.01. The Balaban J connectivity index is 2.88. The summed E-state index contributed by atoms with van der Waals surface area (Å²) in [6.07, 6.45) is 1.44. The van der Waals surface area contributed by atoms with E-state index in [1.165, 1.54) is 12.3 Å². The molecule has 2 N–H and O–H groups in total. The van der Waals surface area contributed by atoms with E-state index < -0.39 is 5.95 Å². The van der Waals surface area contributed by atoms with Crippen molar-refractivity contribution in [1.82, 2.24) is 4.98 Å². The van der Waals surface area contributed by atoms with E-state index in [-0.39, 0.29) is 6.04 Å². The molecule has 0 saturated heterocycles. The first-order valence-electron chi connectivity index (χ1n) is 3.98. The molecule has 0 spiro atoms. The van der Waals surface area contributed by atoms with Crippen molar-refractivity contribution in [3.63, 3.8) is 0 Å². The molecule has 0 aromatic carbocycles. The van der Waals surface area contributed by atoms with Crippen molar-refractivity contribution in [2.24, 2.45) is 11.7 Å². The summed E-state index contributed by atoms with van der Waals surface area (Å²) in [5.74, 6) is -0.157. The van der Waals surface area contributed by atoms with Crippen LogP contribution in [0.1, 0.15) is 25.5 Å². The first-order chi connectivity index (χ1) is 5.61. The van der Waals surface area contributed by atoms with E-state index >= 15 is 0 Å². The Labute approximate surface area is 71.6 Å². The highest BCUT2D eigenvalue weighted by atomic mass is 19.1.